The first kappa shape index (κ1) is 13.4. The Morgan fingerprint density at radius 3 is 2.60 bits per heavy atom. The van der Waals surface area contributed by atoms with Crippen LogP contribution in [-0.4, -0.2) is 11.2 Å². The average Bonchev–Trinajstić information content (AvgIpc) is 3.24. The molecule has 0 aromatic heterocycles. The minimum absolute atomic E-state index is 0.222. The average molecular weight is 266 g/mol. The number of aryl methyl sites for hydroxylation is 2. The van der Waals surface area contributed by atoms with E-state index in [2.05, 4.69) is 56.3 Å². The molecule has 1 aliphatic carbocycles. The van der Waals surface area contributed by atoms with Crippen LogP contribution in [0.5, 0.6) is 0 Å². The lowest BCUT2D eigenvalue weighted by Gasteiger charge is -2.13. The van der Waals surface area contributed by atoms with Gasteiger partial charge in [-0.25, -0.2) is 0 Å². The predicted molar refractivity (Wildman–Crippen MR) is 82.9 cm³/mol. The van der Waals surface area contributed by atoms with Crippen LogP contribution in [0.25, 0.3) is 0 Å². The molecule has 0 radical (unpaired) electrons. The number of hydrogen-bond donors (Lipinski definition) is 1. The summed E-state index contributed by atoms with van der Waals surface area (Å²) < 4.78 is 0. The van der Waals surface area contributed by atoms with Crippen molar-refractivity contribution in [3.8, 4) is 0 Å². The molecule has 3 unspecified atom stereocenters. The lowest BCUT2D eigenvalue weighted by Crippen LogP contribution is -2.15. The number of aliphatic hydroxyl groups is 1. The Bertz CT molecular complexity index is 588. The van der Waals surface area contributed by atoms with Crippen molar-refractivity contribution in [1.82, 2.24) is 0 Å². The Hall–Kier alpha value is -1.60. The summed E-state index contributed by atoms with van der Waals surface area (Å²) in [4.78, 5) is 0. The van der Waals surface area contributed by atoms with Crippen molar-refractivity contribution in [2.75, 3.05) is 0 Å². The number of rotatable bonds is 4. The van der Waals surface area contributed by atoms with Crippen molar-refractivity contribution in [3.63, 3.8) is 0 Å². The number of aliphatic hydroxyl groups excluding tert-OH is 1. The molecule has 1 fully saturated rings. The Kier molecular flexibility index (Phi) is 3.62. The van der Waals surface area contributed by atoms with E-state index in [1.54, 1.807) is 0 Å². The molecule has 1 aliphatic rings. The van der Waals surface area contributed by atoms with Crippen LogP contribution < -0.4 is 0 Å². The summed E-state index contributed by atoms with van der Waals surface area (Å²) >= 11 is 0. The van der Waals surface area contributed by atoms with Gasteiger partial charge in [-0.2, -0.15) is 0 Å². The van der Waals surface area contributed by atoms with Crippen molar-refractivity contribution in [3.05, 3.63) is 70.8 Å². The fourth-order valence-electron chi connectivity index (χ4n) is 3.12. The van der Waals surface area contributed by atoms with Gasteiger partial charge in [0.05, 0.1) is 6.10 Å². The van der Waals surface area contributed by atoms with Crippen LogP contribution in [0.3, 0.4) is 0 Å². The van der Waals surface area contributed by atoms with Gasteiger partial charge in [0.1, 0.15) is 0 Å². The van der Waals surface area contributed by atoms with Gasteiger partial charge in [0.15, 0.2) is 0 Å². The second-order valence-corrected chi connectivity index (χ2v) is 6.12. The molecule has 1 saturated carbocycles. The largest absolute Gasteiger partial charge is 0.392 e. The quantitative estimate of drug-likeness (QED) is 0.886. The van der Waals surface area contributed by atoms with Gasteiger partial charge in [-0.15, -0.1) is 0 Å². The van der Waals surface area contributed by atoms with Crippen LogP contribution in [0.15, 0.2) is 48.5 Å². The molecule has 0 spiro atoms. The number of hydrogen-bond acceptors (Lipinski definition) is 1. The van der Waals surface area contributed by atoms with Gasteiger partial charge in [0.25, 0.3) is 0 Å². The molecule has 1 heteroatoms. The van der Waals surface area contributed by atoms with E-state index in [4.69, 9.17) is 0 Å². The third-order valence-electron chi connectivity index (χ3n) is 4.50. The van der Waals surface area contributed by atoms with Crippen LogP contribution in [0, 0.1) is 19.8 Å². The second-order valence-electron chi connectivity index (χ2n) is 6.12. The van der Waals surface area contributed by atoms with Gasteiger partial charge >= 0.3 is 0 Å². The van der Waals surface area contributed by atoms with Crippen molar-refractivity contribution in [1.29, 1.82) is 0 Å². The van der Waals surface area contributed by atoms with Crippen molar-refractivity contribution >= 4 is 0 Å². The third-order valence-corrected chi connectivity index (χ3v) is 4.50. The molecule has 2 aromatic carbocycles. The van der Waals surface area contributed by atoms with E-state index in [9.17, 15) is 5.11 Å². The molecular formula is C19H22O. The summed E-state index contributed by atoms with van der Waals surface area (Å²) in [5.41, 5.74) is 5.22. The monoisotopic (exact) mass is 266 g/mol. The summed E-state index contributed by atoms with van der Waals surface area (Å²) in [5, 5.41) is 10.5. The van der Waals surface area contributed by atoms with Gasteiger partial charge in [0.2, 0.25) is 0 Å². The molecule has 0 bridgehead atoms. The highest BCUT2D eigenvalue weighted by atomic mass is 16.3. The lowest BCUT2D eigenvalue weighted by molar-refractivity contribution is 0.149. The molecule has 0 heterocycles. The fourth-order valence-corrected chi connectivity index (χ4v) is 3.12. The van der Waals surface area contributed by atoms with E-state index in [1.165, 1.54) is 22.3 Å². The summed E-state index contributed by atoms with van der Waals surface area (Å²) in [6.07, 6.45) is 1.68. The summed E-state index contributed by atoms with van der Waals surface area (Å²) in [6.45, 7) is 4.24. The van der Waals surface area contributed by atoms with E-state index >= 15 is 0 Å². The van der Waals surface area contributed by atoms with Gasteiger partial charge in [0, 0.05) is 0 Å². The molecule has 2 aromatic rings. The van der Waals surface area contributed by atoms with Gasteiger partial charge in [-0.1, -0.05) is 54.1 Å². The standard InChI is InChI=1S/C19H22O/c1-13-8-9-14(2)16(10-13)11-19(20)18-12-17(18)15-6-4-3-5-7-15/h3-10,17-20H,11-12H2,1-2H3. The Morgan fingerprint density at radius 1 is 1.10 bits per heavy atom. The SMILES string of the molecule is Cc1ccc(C)c(CC(O)C2CC2c2ccccc2)c1. The second kappa shape index (κ2) is 5.41. The smallest absolute Gasteiger partial charge is 0.0614 e. The molecule has 3 atom stereocenters. The molecule has 20 heavy (non-hydrogen) atoms. The summed E-state index contributed by atoms with van der Waals surface area (Å²) in [5.74, 6) is 0.980. The lowest BCUT2D eigenvalue weighted by atomic mass is 9.97. The van der Waals surface area contributed by atoms with Crippen LogP contribution in [0.2, 0.25) is 0 Å². The maximum Gasteiger partial charge on any atom is 0.0614 e. The molecule has 0 aliphatic heterocycles. The fraction of sp³-hybridized carbons (Fsp3) is 0.368. The van der Waals surface area contributed by atoms with E-state index < -0.39 is 0 Å². The third kappa shape index (κ3) is 2.78. The Balaban J connectivity index is 1.67. The Morgan fingerprint density at radius 2 is 1.85 bits per heavy atom. The van der Waals surface area contributed by atoms with Gasteiger partial charge < -0.3 is 5.11 Å². The molecule has 0 amide bonds. The molecule has 0 saturated heterocycles. The van der Waals surface area contributed by atoms with E-state index in [1.807, 2.05) is 6.07 Å². The molecule has 104 valence electrons. The van der Waals surface area contributed by atoms with Crippen molar-refractivity contribution in [2.24, 2.45) is 5.92 Å². The summed E-state index contributed by atoms with van der Waals surface area (Å²) in [6, 6.07) is 17.1. The Labute approximate surface area is 121 Å². The number of benzene rings is 2. The zero-order valence-electron chi connectivity index (χ0n) is 12.2. The highest BCUT2D eigenvalue weighted by Gasteiger charge is 2.43. The first-order valence-corrected chi connectivity index (χ1v) is 7.44. The van der Waals surface area contributed by atoms with Crippen LogP contribution in [0.4, 0.5) is 0 Å². The topological polar surface area (TPSA) is 20.2 Å². The zero-order chi connectivity index (χ0) is 14.1. The first-order valence-electron chi connectivity index (χ1n) is 7.44. The minimum Gasteiger partial charge on any atom is -0.392 e. The minimum atomic E-state index is -0.222. The van der Waals surface area contributed by atoms with Gasteiger partial charge in [-0.3, -0.25) is 0 Å². The highest BCUT2D eigenvalue weighted by molar-refractivity contribution is 5.32. The molecule has 1 N–H and O–H groups in total. The van der Waals surface area contributed by atoms with Crippen LogP contribution in [-0.2, 0) is 6.42 Å². The van der Waals surface area contributed by atoms with E-state index in [0.29, 0.717) is 11.8 Å². The zero-order valence-corrected chi connectivity index (χ0v) is 12.2. The van der Waals surface area contributed by atoms with Crippen molar-refractivity contribution in [2.45, 2.75) is 38.7 Å². The normalized spacial score (nSPS) is 22.6. The first-order chi connectivity index (χ1) is 9.65. The maximum absolute atomic E-state index is 10.5. The van der Waals surface area contributed by atoms with E-state index in [0.717, 1.165) is 12.8 Å². The summed E-state index contributed by atoms with van der Waals surface area (Å²) in [7, 11) is 0. The van der Waals surface area contributed by atoms with Crippen molar-refractivity contribution < 1.29 is 5.11 Å². The van der Waals surface area contributed by atoms with Crippen LogP contribution in [0.1, 0.15) is 34.6 Å². The molecular weight excluding hydrogens is 244 g/mol. The molecule has 3 rings (SSSR count). The van der Waals surface area contributed by atoms with E-state index in [-0.39, 0.29) is 6.10 Å². The van der Waals surface area contributed by atoms with Crippen LogP contribution >= 0.6 is 0 Å². The molecule has 1 nitrogen and oxygen atoms in total. The predicted octanol–water partition coefficient (Wildman–Crippen LogP) is 4.01. The van der Waals surface area contributed by atoms with Gasteiger partial charge in [-0.05, 0) is 55.2 Å². The maximum atomic E-state index is 10.5. The highest BCUT2D eigenvalue weighted by Crippen LogP contribution is 2.50.